The molecule has 1 aromatic carbocycles. The van der Waals surface area contributed by atoms with Crippen molar-refractivity contribution in [1.29, 1.82) is 0 Å². The van der Waals surface area contributed by atoms with E-state index in [1.165, 1.54) is 16.4 Å². The van der Waals surface area contributed by atoms with Gasteiger partial charge in [0.25, 0.3) is 0 Å². The van der Waals surface area contributed by atoms with Gasteiger partial charge in [0, 0.05) is 18.2 Å². The molecule has 21 heavy (non-hydrogen) atoms. The summed E-state index contributed by atoms with van der Waals surface area (Å²) in [6, 6.07) is 6.01. The Morgan fingerprint density at radius 2 is 2.10 bits per heavy atom. The lowest BCUT2D eigenvalue weighted by molar-refractivity contribution is 0.155. The first-order valence-electron chi connectivity index (χ1n) is 6.92. The molecule has 1 heterocycles. The Labute approximate surface area is 125 Å². The summed E-state index contributed by atoms with van der Waals surface area (Å²) in [5.74, 6) is 5.20. The van der Waals surface area contributed by atoms with Crippen molar-refractivity contribution in [1.82, 2.24) is 4.31 Å². The van der Waals surface area contributed by atoms with E-state index in [1.807, 2.05) is 0 Å². The summed E-state index contributed by atoms with van der Waals surface area (Å²) in [6.45, 7) is -0.000958. The summed E-state index contributed by atoms with van der Waals surface area (Å²) in [6.07, 6.45) is 2.42. The highest BCUT2D eigenvalue weighted by Crippen LogP contribution is 2.25. The fraction of sp³-hybridized carbons (Fsp3) is 0.467. The predicted molar refractivity (Wildman–Crippen MR) is 79.0 cm³/mol. The third-order valence-electron chi connectivity index (χ3n) is 3.54. The molecule has 1 atom stereocenters. The van der Waals surface area contributed by atoms with Crippen LogP contribution in [0.15, 0.2) is 29.2 Å². The van der Waals surface area contributed by atoms with Crippen molar-refractivity contribution in [2.75, 3.05) is 19.8 Å². The number of benzene rings is 1. The molecule has 2 N–H and O–H groups in total. The van der Waals surface area contributed by atoms with Gasteiger partial charge in [-0.2, -0.15) is 4.31 Å². The normalized spacial score (nSPS) is 19.8. The topological polar surface area (TPSA) is 77.8 Å². The molecule has 0 saturated carbocycles. The van der Waals surface area contributed by atoms with Crippen LogP contribution in [0.4, 0.5) is 0 Å². The highest BCUT2D eigenvalue weighted by Gasteiger charge is 2.33. The predicted octanol–water partition coefficient (Wildman–Crippen LogP) is 0.566. The summed E-state index contributed by atoms with van der Waals surface area (Å²) < 4.78 is 26.8. The van der Waals surface area contributed by atoms with Gasteiger partial charge in [0.15, 0.2) is 0 Å². The van der Waals surface area contributed by atoms with Crippen molar-refractivity contribution >= 4 is 10.0 Å². The van der Waals surface area contributed by atoms with Crippen molar-refractivity contribution in [3.63, 3.8) is 0 Å². The molecule has 0 aromatic heterocycles. The number of piperidine rings is 1. The SMILES string of the molecule is O=S(=O)(c1cccc(C#CCO)c1)N1CCCCC1CO. The number of hydrogen-bond acceptors (Lipinski definition) is 4. The van der Waals surface area contributed by atoms with Crippen molar-refractivity contribution in [3.05, 3.63) is 29.8 Å². The van der Waals surface area contributed by atoms with E-state index in [1.54, 1.807) is 12.1 Å². The van der Waals surface area contributed by atoms with E-state index >= 15 is 0 Å². The Kier molecular flexibility index (Phi) is 5.37. The maximum absolute atomic E-state index is 12.7. The number of rotatable bonds is 3. The molecule has 1 aliphatic heterocycles. The molecule has 0 amide bonds. The van der Waals surface area contributed by atoms with Crippen molar-refractivity contribution in [2.24, 2.45) is 0 Å². The molecular formula is C15H19NO4S. The van der Waals surface area contributed by atoms with Gasteiger partial charge in [-0.15, -0.1) is 0 Å². The molecule has 1 fully saturated rings. The van der Waals surface area contributed by atoms with Gasteiger partial charge in [-0.25, -0.2) is 8.42 Å². The Bertz CT molecular complexity index is 645. The largest absolute Gasteiger partial charge is 0.395 e. The molecule has 6 heteroatoms. The minimum atomic E-state index is -3.63. The molecule has 1 aliphatic rings. The molecule has 0 radical (unpaired) electrons. The van der Waals surface area contributed by atoms with E-state index < -0.39 is 10.0 Å². The highest BCUT2D eigenvalue weighted by molar-refractivity contribution is 7.89. The van der Waals surface area contributed by atoms with Crippen LogP contribution in [0.25, 0.3) is 0 Å². The van der Waals surface area contributed by atoms with Crippen molar-refractivity contribution in [2.45, 2.75) is 30.2 Å². The van der Waals surface area contributed by atoms with E-state index in [0.717, 1.165) is 12.8 Å². The van der Waals surface area contributed by atoms with E-state index in [0.29, 0.717) is 18.5 Å². The Hall–Kier alpha value is -1.39. The zero-order valence-electron chi connectivity index (χ0n) is 11.7. The summed E-state index contributed by atoms with van der Waals surface area (Å²) in [5.41, 5.74) is 0.544. The first-order chi connectivity index (χ1) is 10.1. The monoisotopic (exact) mass is 309 g/mol. The Balaban J connectivity index is 2.34. The van der Waals surface area contributed by atoms with Gasteiger partial charge in [0.1, 0.15) is 6.61 Å². The van der Waals surface area contributed by atoms with Gasteiger partial charge in [0.05, 0.1) is 11.5 Å². The average Bonchev–Trinajstić information content (AvgIpc) is 2.53. The second kappa shape index (κ2) is 7.05. The van der Waals surface area contributed by atoms with E-state index in [2.05, 4.69) is 11.8 Å². The molecule has 1 saturated heterocycles. The minimum Gasteiger partial charge on any atom is -0.395 e. The van der Waals surface area contributed by atoms with Crippen LogP contribution in [0.3, 0.4) is 0 Å². The highest BCUT2D eigenvalue weighted by atomic mass is 32.2. The smallest absolute Gasteiger partial charge is 0.243 e. The van der Waals surface area contributed by atoms with Crippen LogP contribution < -0.4 is 0 Å². The zero-order valence-corrected chi connectivity index (χ0v) is 12.5. The molecule has 0 bridgehead atoms. The van der Waals surface area contributed by atoms with Crippen LogP contribution in [0.2, 0.25) is 0 Å². The maximum Gasteiger partial charge on any atom is 0.243 e. The molecule has 5 nitrogen and oxygen atoms in total. The van der Waals surface area contributed by atoms with Crippen LogP contribution in [0.5, 0.6) is 0 Å². The molecule has 2 rings (SSSR count). The maximum atomic E-state index is 12.7. The molecule has 1 unspecified atom stereocenters. The summed E-state index contributed by atoms with van der Waals surface area (Å²) in [7, 11) is -3.63. The van der Waals surface area contributed by atoms with E-state index in [-0.39, 0.29) is 24.2 Å². The second-order valence-corrected chi connectivity index (χ2v) is 6.83. The van der Waals surface area contributed by atoms with Crippen LogP contribution in [-0.4, -0.2) is 48.7 Å². The molecule has 0 spiro atoms. The molecule has 0 aliphatic carbocycles. The number of hydrogen-bond donors (Lipinski definition) is 2. The van der Waals surface area contributed by atoms with Gasteiger partial charge in [-0.1, -0.05) is 24.3 Å². The Morgan fingerprint density at radius 3 is 2.81 bits per heavy atom. The number of aliphatic hydroxyl groups excluding tert-OH is 2. The van der Waals surface area contributed by atoms with Crippen LogP contribution >= 0.6 is 0 Å². The lowest BCUT2D eigenvalue weighted by Crippen LogP contribution is -2.45. The molecular weight excluding hydrogens is 290 g/mol. The van der Waals surface area contributed by atoms with Crippen LogP contribution in [0, 0.1) is 11.8 Å². The van der Waals surface area contributed by atoms with Gasteiger partial charge < -0.3 is 10.2 Å². The summed E-state index contributed by atoms with van der Waals surface area (Å²) >= 11 is 0. The molecule has 114 valence electrons. The van der Waals surface area contributed by atoms with Gasteiger partial charge in [-0.05, 0) is 31.0 Å². The van der Waals surface area contributed by atoms with Crippen molar-refractivity contribution in [3.8, 4) is 11.8 Å². The molecule has 1 aromatic rings. The number of sulfonamides is 1. The van der Waals surface area contributed by atoms with Gasteiger partial charge in [0.2, 0.25) is 10.0 Å². The first-order valence-corrected chi connectivity index (χ1v) is 8.36. The lowest BCUT2D eigenvalue weighted by Gasteiger charge is -2.33. The van der Waals surface area contributed by atoms with E-state index in [9.17, 15) is 13.5 Å². The first kappa shape index (κ1) is 16.0. The summed E-state index contributed by atoms with van der Waals surface area (Å²) in [4.78, 5) is 0.174. The second-order valence-electron chi connectivity index (χ2n) is 4.94. The third kappa shape index (κ3) is 3.63. The van der Waals surface area contributed by atoms with Gasteiger partial charge >= 0.3 is 0 Å². The quantitative estimate of drug-likeness (QED) is 0.800. The number of aliphatic hydroxyl groups is 2. The minimum absolute atomic E-state index is 0.163. The number of nitrogens with zero attached hydrogens (tertiary/aromatic N) is 1. The average molecular weight is 309 g/mol. The Morgan fingerprint density at radius 1 is 1.29 bits per heavy atom. The van der Waals surface area contributed by atoms with E-state index in [4.69, 9.17) is 5.11 Å². The zero-order chi connectivity index (χ0) is 15.3. The van der Waals surface area contributed by atoms with Crippen LogP contribution in [0.1, 0.15) is 24.8 Å². The fourth-order valence-corrected chi connectivity index (χ4v) is 4.22. The van der Waals surface area contributed by atoms with Gasteiger partial charge in [-0.3, -0.25) is 0 Å². The third-order valence-corrected chi connectivity index (χ3v) is 5.48. The van der Waals surface area contributed by atoms with Crippen molar-refractivity contribution < 1.29 is 18.6 Å². The summed E-state index contributed by atoms with van der Waals surface area (Å²) in [5, 5.41) is 18.1. The standard InChI is InChI=1S/C15H19NO4S/c17-10-4-6-13-5-3-8-15(11-13)21(19,20)16-9-2-1-7-14(16)12-18/h3,5,8,11,14,17-18H,1-2,7,9-10,12H2. The fourth-order valence-electron chi connectivity index (χ4n) is 2.48. The lowest BCUT2D eigenvalue weighted by atomic mass is 10.1. The van der Waals surface area contributed by atoms with Crippen LogP contribution in [-0.2, 0) is 10.0 Å².